The Balaban J connectivity index is 0. The Morgan fingerprint density at radius 3 is 1.94 bits per heavy atom. The monoisotopic (exact) mass is 395 g/mol. The van der Waals surface area contributed by atoms with E-state index in [0.29, 0.717) is 0 Å². The van der Waals surface area contributed by atoms with Crippen LogP contribution >= 0.6 is 0 Å². The van der Waals surface area contributed by atoms with Crippen molar-refractivity contribution in [2.24, 2.45) is 11.8 Å². The summed E-state index contributed by atoms with van der Waals surface area (Å²) in [4.78, 5) is 0. The fourth-order valence-corrected chi connectivity index (χ4v) is 2.61. The van der Waals surface area contributed by atoms with Crippen molar-refractivity contribution in [3.63, 3.8) is 0 Å². The first-order valence-electron chi connectivity index (χ1n) is 6.42. The van der Waals surface area contributed by atoms with Crippen molar-refractivity contribution >= 4 is 0 Å². The van der Waals surface area contributed by atoms with Gasteiger partial charge in [0.15, 0.2) is 0 Å². The van der Waals surface area contributed by atoms with Crippen LogP contribution in [0.1, 0.15) is 58.3 Å². The number of nitrogens with zero attached hydrogens (tertiary/aromatic N) is 1. The summed E-state index contributed by atoms with van der Waals surface area (Å²) < 4.78 is 0. The Morgan fingerprint density at radius 1 is 1.00 bits per heavy atom. The molecule has 0 radical (unpaired) electrons. The summed E-state index contributed by atoms with van der Waals surface area (Å²) in [7, 11) is 1.94. The Hall–Kier alpha value is 0.648. The largest absolute Gasteiger partial charge is 2.00 e. The minimum absolute atomic E-state index is 0. The van der Waals surface area contributed by atoms with Crippen molar-refractivity contribution in [3.8, 4) is 0 Å². The predicted molar refractivity (Wildman–Crippen MR) is 70.2 cm³/mol. The molecular formula is C14H29NW. The van der Waals surface area contributed by atoms with Gasteiger partial charge in [0.2, 0.25) is 0 Å². The molecule has 1 aliphatic rings. The van der Waals surface area contributed by atoms with Gasteiger partial charge < -0.3 is 12.7 Å². The quantitative estimate of drug-likeness (QED) is 0.573. The molecule has 1 nitrogen and oxygen atoms in total. The summed E-state index contributed by atoms with van der Waals surface area (Å²) in [6.45, 7) is 3.39. The van der Waals surface area contributed by atoms with Crippen molar-refractivity contribution in [2.45, 2.75) is 58.3 Å². The first-order chi connectivity index (χ1) is 6.86. The zero-order valence-electron chi connectivity index (χ0n) is 11.4. The number of unbranched alkanes of at least 4 members (excludes halogenated alkanes) is 1. The van der Waals surface area contributed by atoms with Crippen LogP contribution in [-0.2, 0) is 21.1 Å². The average molecular weight is 395 g/mol. The van der Waals surface area contributed by atoms with Crippen molar-refractivity contribution < 1.29 is 21.1 Å². The molecule has 0 atom stereocenters. The van der Waals surface area contributed by atoms with E-state index in [4.69, 9.17) is 0 Å². The third-order valence-electron chi connectivity index (χ3n) is 3.69. The normalized spacial score (nSPS) is 24.4. The maximum atomic E-state index is 4.20. The summed E-state index contributed by atoms with van der Waals surface area (Å²) >= 11 is 0. The molecule has 2 heteroatoms. The topological polar surface area (TPSA) is 14.1 Å². The molecule has 0 bridgehead atoms. The van der Waals surface area contributed by atoms with E-state index in [1.807, 2.05) is 7.05 Å². The van der Waals surface area contributed by atoms with Gasteiger partial charge in [-0.25, -0.2) is 0 Å². The maximum Gasteiger partial charge on any atom is 2.00 e. The molecule has 0 spiro atoms. The molecule has 0 aromatic carbocycles. The summed E-state index contributed by atoms with van der Waals surface area (Å²) in [5.74, 6) is 2.06. The van der Waals surface area contributed by atoms with E-state index in [1.54, 1.807) is 0 Å². The standard InChI is InChI=1S/C13H26N.CH3.W/c1-3-4-5-12-6-8-13(9-7-12)10-11-14-2;;/h12-13H,3-11H2,1-2H3;1H3;/q2*-1;+2. The Morgan fingerprint density at radius 2 is 1.50 bits per heavy atom. The summed E-state index contributed by atoms with van der Waals surface area (Å²) in [6.07, 6.45) is 11.6. The number of rotatable bonds is 6. The van der Waals surface area contributed by atoms with E-state index < -0.39 is 0 Å². The van der Waals surface area contributed by atoms with Crippen LogP contribution in [0.5, 0.6) is 0 Å². The van der Waals surface area contributed by atoms with Crippen LogP contribution in [0.2, 0.25) is 0 Å². The van der Waals surface area contributed by atoms with Crippen molar-refractivity contribution in [3.05, 3.63) is 12.7 Å². The molecule has 0 heterocycles. The van der Waals surface area contributed by atoms with Gasteiger partial charge in [-0.2, -0.15) is 7.05 Å². The summed E-state index contributed by atoms with van der Waals surface area (Å²) in [5, 5.41) is 4.20. The van der Waals surface area contributed by atoms with Crippen LogP contribution < -0.4 is 0 Å². The predicted octanol–water partition coefficient (Wildman–Crippen LogP) is 4.82. The molecule has 0 aromatic heterocycles. The van der Waals surface area contributed by atoms with Crippen LogP contribution in [0.3, 0.4) is 0 Å². The van der Waals surface area contributed by atoms with Gasteiger partial charge in [0.25, 0.3) is 0 Å². The van der Waals surface area contributed by atoms with Gasteiger partial charge in [-0.05, 0) is 11.8 Å². The first-order valence-corrected chi connectivity index (χ1v) is 6.42. The second-order valence-corrected chi connectivity index (χ2v) is 4.86. The van der Waals surface area contributed by atoms with Crippen LogP contribution in [0, 0.1) is 19.3 Å². The van der Waals surface area contributed by atoms with E-state index >= 15 is 0 Å². The minimum atomic E-state index is 0. The zero-order valence-corrected chi connectivity index (χ0v) is 14.3. The maximum absolute atomic E-state index is 4.20. The summed E-state index contributed by atoms with van der Waals surface area (Å²) in [6, 6.07) is 0. The third kappa shape index (κ3) is 7.85. The van der Waals surface area contributed by atoms with Crippen molar-refractivity contribution in [1.29, 1.82) is 0 Å². The van der Waals surface area contributed by atoms with E-state index in [-0.39, 0.29) is 28.5 Å². The van der Waals surface area contributed by atoms with Crippen LogP contribution in [0.4, 0.5) is 0 Å². The van der Waals surface area contributed by atoms with Crippen LogP contribution in [-0.4, -0.2) is 13.6 Å². The molecule has 0 saturated heterocycles. The van der Waals surface area contributed by atoms with E-state index in [1.165, 1.54) is 51.4 Å². The van der Waals surface area contributed by atoms with Crippen molar-refractivity contribution in [2.75, 3.05) is 13.6 Å². The minimum Gasteiger partial charge on any atom is -0.665 e. The van der Waals surface area contributed by atoms with Crippen molar-refractivity contribution in [1.82, 2.24) is 0 Å². The SMILES string of the molecule is CCCCC1CCC(CC[N-]C)CC1.[CH3-].[W+2]. The molecule has 0 N–H and O–H groups in total. The van der Waals surface area contributed by atoms with Gasteiger partial charge in [0.05, 0.1) is 0 Å². The molecule has 0 aromatic rings. The first kappa shape index (κ1) is 19.0. The zero-order chi connectivity index (χ0) is 10.2. The Kier molecular flexibility index (Phi) is 14.4. The third-order valence-corrected chi connectivity index (χ3v) is 3.69. The van der Waals surface area contributed by atoms with Gasteiger partial charge in [0, 0.05) is 0 Å². The smallest absolute Gasteiger partial charge is 0.665 e. The molecule has 1 saturated carbocycles. The average Bonchev–Trinajstić information content (AvgIpc) is 2.25. The molecule has 0 amide bonds. The molecule has 1 rings (SSSR count). The van der Waals surface area contributed by atoms with Gasteiger partial charge in [-0.15, -0.1) is 6.54 Å². The van der Waals surface area contributed by atoms with Gasteiger partial charge in [-0.1, -0.05) is 58.3 Å². The second kappa shape index (κ2) is 12.1. The fraction of sp³-hybridized carbons (Fsp3) is 0.929. The van der Waals surface area contributed by atoms with E-state index in [9.17, 15) is 0 Å². The molecule has 0 aliphatic heterocycles. The van der Waals surface area contributed by atoms with Gasteiger partial charge >= 0.3 is 21.1 Å². The number of hydrogen-bond acceptors (Lipinski definition) is 0. The molecule has 0 unspecified atom stereocenters. The van der Waals surface area contributed by atoms with Crippen LogP contribution in [0.15, 0.2) is 0 Å². The Labute approximate surface area is 117 Å². The second-order valence-electron chi connectivity index (χ2n) is 4.86. The van der Waals surface area contributed by atoms with E-state index in [2.05, 4.69) is 12.2 Å². The molecular weight excluding hydrogens is 366 g/mol. The molecule has 96 valence electrons. The molecule has 1 aliphatic carbocycles. The van der Waals surface area contributed by atoms with Crippen LogP contribution in [0.25, 0.3) is 5.32 Å². The van der Waals surface area contributed by atoms with Gasteiger partial charge in [0.1, 0.15) is 0 Å². The van der Waals surface area contributed by atoms with E-state index in [0.717, 1.165) is 18.4 Å². The molecule has 16 heavy (non-hydrogen) atoms. The number of hydrogen-bond donors (Lipinski definition) is 0. The fourth-order valence-electron chi connectivity index (χ4n) is 2.61. The Bertz CT molecular complexity index is 115. The summed E-state index contributed by atoms with van der Waals surface area (Å²) in [5.41, 5.74) is 0. The van der Waals surface area contributed by atoms with Gasteiger partial charge in [-0.3, -0.25) is 0 Å². The molecule has 1 fully saturated rings.